The molecule has 0 fully saturated rings. The summed E-state index contributed by atoms with van der Waals surface area (Å²) in [5.41, 5.74) is 6.28. The highest BCUT2D eigenvalue weighted by Gasteiger charge is 2.21. The summed E-state index contributed by atoms with van der Waals surface area (Å²) < 4.78 is 13.9. The van der Waals surface area contributed by atoms with Crippen LogP contribution in [-0.2, 0) is 0 Å². The summed E-state index contributed by atoms with van der Waals surface area (Å²) in [5.74, 6) is 0.694. The van der Waals surface area contributed by atoms with Gasteiger partial charge in [-0.3, -0.25) is 0 Å². The summed E-state index contributed by atoms with van der Waals surface area (Å²) in [6.07, 6.45) is 7.96. The molecule has 3 atom stereocenters. The lowest BCUT2D eigenvalue weighted by atomic mass is 9.87. The quantitative estimate of drug-likeness (QED) is 0.523. The van der Waals surface area contributed by atoms with Crippen molar-refractivity contribution in [3.8, 4) is 0 Å². The Kier molecular flexibility index (Phi) is 7.01. The highest BCUT2D eigenvalue weighted by atomic mass is 19.1. The zero-order valence-corrected chi connectivity index (χ0v) is 12.8. The Morgan fingerprint density at radius 3 is 2.79 bits per heavy atom. The summed E-state index contributed by atoms with van der Waals surface area (Å²) in [6, 6.07) is 0.204. The van der Waals surface area contributed by atoms with Crippen LogP contribution in [-0.4, -0.2) is 24.8 Å². The van der Waals surface area contributed by atoms with Crippen molar-refractivity contribution in [1.29, 1.82) is 0 Å². The van der Waals surface area contributed by atoms with E-state index in [-0.39, 0.29) is 6.04 Å². The summed E-state index contributed by atoms with van der Waals surface area (Å²) in [5, 5.41) is 3.41. The zero-order valence-electron chi connectivity index (χ0n) is 12.8. The number of nitrogens with one attached hydrogen (secondary N) is 1. The molecule has 0 aromatic heterocycles. The van der Waals surface area contributed by atoms with E-state index in [0.717, 1.165) is 32.4 Å². The highest BCUT2D eigenvalue weighted by molar-refractivity contribution is 5.12. The van der Waals surface area contributed by atoms with Gasteiger partial charge < -0.3 is 11.1 Å². The topological polar surface area (TPSA) is 38.0 Å². The van der Waals surface area contributed by atoms with Gasteiger partial charge in [0, 0.05) is 6.04 Å². The first-order valence-electron chi connectivity index (χ1n) is 7.78. The summed E-state index contributed by atoms with van der Waals surface area (Å²) >= 11 is 0. The first kappa shape index (κ1) is 16.6. The van der Waals surface area contributed by atoms with Gasteiger partial charge in [-0.05, 0) is 65.0 Å². The van der Waals surface area contributed by atoms with Gasteiger partial charge in [-0.15, -0.1) is 0 Å². The van der Waals surface area contributed by atoms with E-state index in [1.165, 1.54) is 12.0 Å². The third-order valence-corrected chi connectivity index (χ3v) is 4.17. The molecule has 3 N–H and O–H groups in total. The highest BCUT2D eigenvalue weighted by Crippen LogP contribution is 2.25. The second-order valence-electron chi connectivity index (χ2n) is 6.33. The van der Waals surface area contributed by atoms with Crippen LogP contribution < -0.4 is 11.1 Å². The van der Waals surface area contributed by atoms with Gasteiger partial charge in [0.25, 0.3) is 0 Å². The van der Waals surface area contributed by atoms with E-state index in [1.807, 2.05) is 6.92 Å². The number of allylic oxidation sites excluding steroid dienone is 1. The molecular formula is C16H31FN2. The van der Waals surface area contributed by atoms with Crippen LogP contribution in [0.25, 0.3) is 0 Å². The van der Waals surface area contributed by atoms with Gasteiger partial charge in [0.15, 0.2) is 0 Å². The Balaban J connectivity index is 2.15. The fourth-order valence-electron chi connectivity index (χ4n) is 2.81. The lowest BCUT2D eigenvalue weighted by Gasteiger charge is -2.25. The van der Waals surface area contributed by atoms with Gasteiger partial charge in [0.05, 0.1) is 0 Å². The van der Waals surface area contributed by atoms with Gasteiger partial charge >= 0.3 is 0 Å². The van der Waals surface area contributed by atoms with E-state index in [4.69, 9.17) is 5.73 Å². The first-order chi connectivity index (χ1) is 8.94. The molecule has 0 radical (unpaired) electrons. The SMILES string of the molecule is CCCC(C)(F)CCNCC1CC=C(C(C)N)CC1. The molecule has 2 nitrogen and oxygen atoms in total. The van der Waals surface area contributed by atoms with Crippen LogP contribution in [0.1, 0.15) is 59.3 Å². The molecule has 0 aromatic rings. The molecule has 3 unspecified atom stereocenters. The molecule has 3 heteroatoms. The molecule has 0 aliphatic heterocycles. The Bertz CT molecular complexity index is 284. The number of nitrogens with two attached hydrogens (primary N) is 1. The van der Waals surface area contributed by atoms with Crippen LogP contribution in [0.3, 0.4) is 0 Å². The predicted molar refractivity (Wildman–Crippen MR) is 81.0 cm³/mol. The Morgan fingerprint density at radius 1 is 1.53 bits per heavy atom. The molecule has 0 amide bonds. The average molecular weight is 270 g/mol. The molecule has 19 heavy (non-hydrogen) atoms. The van der Waals surface area contributed by atoms with Crippen molar-refractivity contribution in [3.05, 3.63) is 11.6 Å². The molecule has 0 saturated heterocycles. The Hall–Kier alpha value is -0.410. The molecule has 1 aliphatic rings. The molecule has 0 bridgehead atoms. The van der Waals surface area contributed by atoms with E-state index in [2.05, 4.69) is 18.3 Å². The van der Waals surface area contributed by atoms with Crippen LogP contribution in [0.5, 0.6) is 0 Å². The fourth-order valence-corrected chi connectivity index (χ4v) is 2.81. The molecule has 0 heterocycles. The summed E-state index contributed by atoms with van der Waals surface area (Å²) in [4.78, 5) is 0. The van der Waals surface area contributed by atoms with E-state index >= 15 is 0 Å². The van der Waals surface area contributed by atoms with Crippen molar-refractivity contribution in [3.63, 3.8) is 0 Å². The molecule has 0 spiro atoms. The number of halogens is 1. The third kappa shape index (κ3) is 6.53. The van der Waals surface area contributed by atoms with Crippen molar-refractivity contribution < 1.29 is 4.39 Å². The van der Waals surface area contributed by atoms with Gasteiger partial charge in [0.1, 0.15) is 5.67 Å². The van der Waals surface area contributed by atoms with E-state index in [0.29, 0.717) is 18.8 Å². The maximum atomic E-state index is 13.9. The lowest BCUT2D eigenvalue weighted by molar-refractivity contribution is 0.158. The predicted octanol–water partition coefficient (Wildman–Crippen LogP) is 3.57. The van der Waals surface area contributed by atoms with Crippen molar-refractivity contribution in [2.45, 2.75) is 71.0 Å². The molecule has 1 rings (SSSR count). The number of rotatable bonds is 8. The number of hydrogen-bond donors (Lipinski definition) is 2. The summed E-state index contributed by atoms with van der Waals surface area (Å²) in [6.45, 7) is 7.60. The number of hydrogen-bond acceptors (Lipinski definition) is 2. The molecular weight excluding hydrogens is 239 g/mol. The van der Waals surface area contributed by atoms with E-state index < -0.39 is 5.67 Å². The minimum Gasteiger partial charge on any atom is -0.324 e. The maximum Gasteiger partial charge on any atom is 0.109 e. The van der Waals surface area contributed by atoms with Crippen LogP contribution in [0.15, 0.2) is 11.6 Å². The molecule has 112 valence electrons. The standard InChI is InChI=1S/C16H31FN2/c1-4-9-16(3,17)10-11-19-12-14-5-7-15(8-6-14)13(2)18/h7,13-14,19H,4-6,8-12,18H2,1-3H3. The van der Waals surface area contributed by atoms with Gasteiger partial charge in [-0.2, -0.15) is 0 Å². The van der Waals surface area contributed by atoms with Crippen LogP contribution in [0.2, 0.25) is 0 Å². The largest absolute Gasteiger partial charge is 0.324 e. The van der Waals surface area contributed by atoms with Gasteiger partial charge in [-0.25, -0.2) is 4.39 Å². The smallest absolute Gasteiger partial charge is 0.109 e. The number of alkyl halides is 1. The lowest BCUT2D eigenvalue weighted by Crippen LogP contribution is -2.30. The Morgan fingerprint density at radius 2 is 2.26 bits per heavy atom. The maximum absolute atomic E-state index is 13.9. The van der Waals surface area contributed by atoms with Gasteiger partial charge in [-0.1, -0.05) is 25.0 Å². The van der Waals surface area contributed by atoms with E-state index in [9.17, 15) is 4.39 Å². The normalized spacial score (nSPS) is 24.7. The second-order valence-corrected chi connectivity index (χ2v) is 6.33. The van der Waals surface area contributed by atoms with Crippen LogP contribution in [0, 0.1) is 5.92 Å². The average Bonchev–Trinajstić information content (AvgIpc) is 2.35. The molecule has 1 aliphatic carbocycles. The minimum absolute atomic E-state index is 0.204. The Labute approximate surface area is 118 Å². The first-order valence-corrected chi connectivity index (χ1v) is 7.78. The fraction of sp³-hybridized carbons (Fsp3) is 0.875. The van der Waals surface area contributed by atoms with E-state index in [1.54, 1.807) is 6.92 Å². The monoisotopic (exact) mass is 270 g/mol. The van der Waals surface area contributed by atoms with Crippen LogP contribution in [0.4, 0.5) is 4.39 Å². The van der Waals surface area contributed by atoms with Gasteiger partial charge in [0.2, 0.25) is 0 Å². The van der Waals surface area contributed by atoms with Crippen molar-refractivity contribution in [1.82, 2.24) is 5.32 Å². The summed E-state index contributed by atoms with van der Waals surface area (Å²) in [7, 11) is 0. The molecule has 0 aromatic carbocycles. The third-order valence-electron chi connectivity index (χ3n) is 4.17. The minimum atomic E-state index is -1.00. The van der Waals surface area contributed by atoms with Crippen molar-refractivity contribution >= 4 is 0 Å². The van der Waals surface area contributed by atoms with Crippen molar-refractivity contribution in [2.75, 3.05) is 13.1 Å². The second kappa shape index (κ2) is 8.01. The molecule has 0 saturated carbocycles. The van der Waals surface area contributed by atoms with Crippen LogP contribution >= 0.6 is 0 Å². The van der Waals surface area contributed by atoms with Crippen molar-refractivity contribution in [2.24, 2.45) is 11.7 Å². The zero-order chi connectivity index (χ0) is 14.3.